The number of Topliss-reactive ketones (excluding diaryl/α,β-unsaturated/α-hetero) is 1. The standard InChI is InChI=1S/C18H21NO5S/c1-3-15-6-5-8-19-11(20)10-16-7-9-25-13(16)17(12(15)21,14(22)23-4-2)24-18(15,16)19/h7,9,13H,3-6,8,10H2,1-2H3/t13?,15-,16+,17+,18-/m1/s1. The van der Waals surface area contributed by atoms with Crippen LogP contribution < -0.4 is 0 Å². The highest BCUT2D eigenvalue weighted by molar-refractivity contribution is 8.03. The summed E-state index contributed by atoms with van der Waals surface area (Å²) in [4.78, 5) is 41.4. The number of hydrogen-bond donors (Lipinski definition) is 0. The Balaban J connectivity index is 1.82. The number of thioether (sulfide) groups is 1. The molecule has 0 radical (unpaired) electrons. The van der Waals surface area contributed by atoms with E-state index < -0.39 is 33.4 Å². The number of carbonyl (C=O) groups excluding carboxylic acids is 3. The summed E-state index contributed by atoms with van der Waals surface area (Å²) >= 11 is 1.44. The first-order valence-electron chi connectivity index (χ1n) is 9.03. The highest BCUT2D eigenvalue weighted by Gasteiger charge is 2.94. The number of fused-ring (bicyclic) bond motifs is 2. The van der Waals surface area contributed by atoms with Gasteiger partial charge in [-0.1, -0.05) is 13.0 Å². The molecule has 0 aliphatic carbocycles. The van der Waals surface area contributed by atoms with E-state index in [2.05, 4.69) is 0 Å². The summed E-state index contributed by atoms with van der Waals surface area (Å²) in [6, 6.07) is 0. The number of hydrogen-bond acceptors (Lipinski definition) is 6. The van der Waals surface area contributed by atoms with Crippen LogP contribution in [0, 0.1) is 10.8 Å². The van der Waals surface area contributed by atoms with E-state index in [0.29, 0.717) is 25.8 Å². The third-order valence-electron chi connectivity index (χ3n) is 7.07. The number of amides is 1. The summed E-state index contributed by atoms with van der Waals surface area (Å²) in [6.07, 6.45) is 4.30. The van der Waals surface area contributed by atoms with Crippen LogP contribution in [0.3, 0.4) is 0 Å². The van der Waals surface area contributed by atoms with Crippen LogP contribution in [0.15, 0.2) is 11.5 Å². The number of ketones is 1. The summed E-state index contributed by atoms with van der Waals surface area (Å²) in [5.41, 5.74) is -4.07. The fourth-order valence-electron chi connectivity index (χ4n) is 6.31. The zero-order valence-corrected chi connectivity index (χ0v) is 15.2. The van der Waals surface area contributed by atoms with Crippen LogP contribution in [0.4, 0.5) is 0 Å². The molecular weight excluding hydrogens is 342 g/mol. The predicted octanol–water partition coefficient (Wildman–Crippen LogP) is 1.64. The van der Waals surface area contributed by atoms with E-state index in [1.807, 2.05) is 18.4 Å². The highest BCUT2D eigenvalue weighted by atomic mass is 32.2. The molecule has 6 nitrogen and oxygen atoms in total. The Morgan fingerprint density at radius 1 is 1.44 bits per heavy atom. The summed E-state index contributed by atoms with van der Waals surface area (Å²) < 4.78 is 11.8. The van der Waals surface area contributed by atoms with Crippen LogP contribution >= 0.6 is 11.8 Å². The van der Waals surface area contributed by atoms with Crippen molar-refractivity contribution >= 4 is 29.4 Å². The van der Waals surface area contributed by atoms with Crippen LogP contribution in [0.25, 0.3) is 0 Å². The second-order valence-corrected chi connectivity index (χ2v) is 8.67. The van der Waals surface area contributed by atoms with Crippen molar-refractivity contribution in [1.82, 2.24) is 4.90 Å². The molecule has 5 heterocycles. The first-order valence-corrected chi connectivity index (χ1v) is 9.97. The quantitative estimate of drug-likeness (QED) is 0.561. The van der Waals surface area contributed by atoms with E-state index in [1.54, 1.807) is 11.8 Å². The summed E-state index contributed by atoms with van der Waals surface area (Å²) in [5.74, 6) is -0.724. The van der Waals surface area contributed by atoms with Crippen molar-refractivity contribution in [1.29, 1.82) is 0 Å². The largest absolute Gasteiger partial charge is 0.463 e. The molecule has 0 saturated carbocycles. The molecule has 5 aliphatic rings. The lowest BCUT2D eigenvalue weighted by molar-refractivity contribution is -0.215. The zero-order valence-electron chi connectivity index (χ0n) is 14.4. The van der Waals surface area contributed by atoms with E-state index in [9.17, 15) is 14.4 Å². The first kappa shape index (κ1) is 15.9. The number of nitrogens with zero attached hydrogens (tertiary/aromatic N) is 1. The van der Waals surface area contributed by atoms with E-state index >= 15 is 0 Å². The number of piperidine rings is 1. The molecule has 5 atom stereocenters. The maximum Gasteiger partial charge on any atom is 0.347 e. The van der Waals surface area contributed by atoms with Gasteiger partial charge in [-0.15, -0.1) is 11.8 Å². The molecule has 0 aromatic rings. The lowest BCUT2D eigenvalue weighted by Gasteiger charge is -2.55. The second-order valence-electron chi connectivity index (χ2n) is 7.65. The molecule has 7 heteroatoms. The Labute approximate surface area is 150 Å². The van der Waals surface area contributed by atoms with E-state index in [0.717, 1.165) is 6.42 Å². The zero-order chi connectivity index (χ0) is 17.7. The minimum Gasteiger partial charge on any atom is -0.463 e. The highest BCUT2D eigenvalue weighted by Crippen LogP contribution is 2.78. The maximum atomic E-state index is 13.7. The molecule has 5 rings (SSSR count). The fraction of sp³-hybridized carbons (Fsp3) is 0.722. The topological polar surface area (TPSA) is 72.9 Å². The molecule has 0 N–H and O–H groups in total. The average molecular weight is 363 g/mol. The molecule has 0 aromatic heterocycles. The molecule has 1 unspecified atom stereocenters. The van der Waals surface area contributed by atoms with Gasteiger partial charge >= 0.3 is 5.97 Å². The Bertz CT molecular complexity index is 752. The van der Waals surface area contributed by atoms with Gasteiger partial charge in [0.15, 0.2) is 11.5 Å². The number of carbonyl (C=O) groups is 3. The molecule has 25 heavy (non-hydrogen) atoms. The molecule has 2 spiro atoms. The predicted molar refractivity (Wildman–Crippen MR) is 89.4 cm³/mol. The molecule has 1 amide bonds. The van der Waals surface area contributed by atoms with Gasteiger partial charge in [0.25, 0.3) is 0 Å². The number of ether oxygens (including phenoxy) is 2. The Hall–Kier alpha value is -1.34. The second kappa shape index (κ2) is 4.49. The monoisotopic (exact) mass is 363 g/mol. The van der Waals surface area contributed by atoms with Gasteiger partial charge in [0.2, 0.25) is 11.5 Å². The normalized spacial score (nSPS) is 48.9. The average Bonchev–Trinajstić information content (AvgIpc) is 3.25. The van der Waals surface area contributed by atoms with Crippen molar-refractivity contribution in [3.8, 4) is 0 Å². The van der Waals surface area contributed by atoms with Crippen LogP contribution in [0.2, 0.25) is 0 Å². The van der Waals surface area contributed by atoms with Crippen LogP contribution in [-0.2, 0) is 23.9 Å². The minimum absolute atomic E-state index is 0.0295. The fourth-order valence-corrected chi connectivity index (χ4v) is 7.80. The molecule has 2 bridgehead atoms. The Morgan fingerprint density at radius 3 is 2.96 bits per heavy atom. The first-order chi connectivity index (χ1) is 12.0. The molecule has 5 aliphatic heterocycles. The van der Waals surface area contributed by atoms with E-state index in [1.165, 1.54) is 11.8 Å². The third kappa shape index (κ3) is 1.26. The van der Waals surface area contributed by atoms with Gasteiger partial charge < -0.3 is 14.4 Å². The van der Waals surface area contributed by atoms with Gasteiger partial charge in [0, 0.05) is 13.0 Å². The van der Waals surface area contributed by atoms with Gasteiger partial charge in [-0.25, -0.2) is 4.79 Å². The lowest BCUT2D eigenvalue weighted by atomic mass is 9.51. The van der Waals surface area contributed by atoms with Gasteiger partial charge in [-0.2, -0.15) is 0 Å². The van der Waals surface area contributed by atoms with Crippen LogP contribution in [0.5, 0.6) is 0 Å². The number of rotatable bonds is 3. The van der Waals surface area contributed by atoms with Crippen molar-refractivity contribution in [2.75, 3.05) is 13.2 Å². The van der Waals surface area contributed by atoms with E-state index in [-0.39, 0.29) is 18.3 Å². The lowest BCUT2D eigenvalue weighted by Crippen LogP contribution is -2.70. The smallest absolute Gasteiger partial charge is 0.347 e. The van der Waals surface area contributed by atoms with E-state index in [4.69, 9.17) is 9.47 Å². The number of esters is 1. The summed E-state index contributed by atoms with van der Waals surface area (Å²) in [7, 11) is 0. The van der Waals surface area contributed by atoms with Crippen LogP contribution in [0.1, 0.15) is 39.5 Å². The molecule has 4 fully saturated rings. The van der Waals surface area contributed by atoms with Crippen molar-refractivity contribution in [3.63, 3.8) is 0 Å². The van der Waals surface area contributed by atoms with Crippen molar-refractivity contribution in [2.45, 2.75) is 56.1 Å². The molecular formula is C18H21NO5S. The van der Waals surface area contributed by atoms with Crippen molar-refractivity contribution < 1.29 is 23.9 Å². The molecule has 134 valence electrons. The van der Waals surface area contributed by atoms with Gasteiger partial charge in [-0.3, -0.25) is 9.59 Å². The summed E-state index contributed by atoms with van der Waals surface area (Å²) in [6.45, 7) is 4.48. The molecule has 0 aromatic carbocycles. The summed E-state index contributed by atoms with van der Waals surface area (Å²) in [5, 5.41) is 1.52. The third-order valence-corrected chi connectivity index (χ3v) is 8.39. The van der Waals surface area contributed by atoms with Gasteiger partial charge in [0.1, 0.15) is 0 Å². The Morgan fingerprint density at radius 2 is 2.24 bits per heavy atom. The minimum atomic E-state index is -1.59. The van der Waals surface area contributed by atoms with Crippen LogP contribution in [-0.4, -0.2) is 52.3 Å². The molecule has 4 saturated heterocycles. The SMILES string of the molecule is CCOC(=O)[C@]12O[C@]34N(CCC[C@]3(CC)C1=O)C(=O)C[C@]41C=CSC21. The van der Waals surface area contributed by atoms with Crippen molar-refractivity contribution in [2.24, 2.45) is 10.8 Å². The van der Waals surface area contributed by atoms with Crippen molar-refractivity contribution in [3.05, 3.63) is 11.5 Å². The maximum absolute atomic E-state index is 13.7. The van der Waals surface area contributed by atoms with Gasteiger partial charge in [0.05, 0.1) is 22.7 Å². The Kier molecular flexibility index (Phi) is 2.85. The van der Waals surface area contributed by atoms with Gasteiger partial charge in [-0.05, 0) is 31.6 Å².